The monoisotopic (exact) mass is 620 g/mol. The highest BCUT2D eigenvalue weighted by Crippen LogP contribution is 2.34. The lowest BCUT2D eigenvalue weighted by Crippen LogP contribution is -2.25. The molecule has 3 aromatic rings. The van der Waals surface area contributed by atoms with E-state index < -0.39 is 0 Å². The van der Waals surface area contributed by atoms with Crippen LogP contribution in [-0.4, -0.2) is 29.6 Å². The van der Waals surface area contributed by atoms with Crippen LogP contribution < -0.4 is 15.0 Å². The van der Waals surface area contributed by atoms with Crippen LogP contribution in [0.3, 0.4) is 0 Å². The maximum Gasteiger partial charge on any atom is 0.282 e. The molecule has 4 rings (SSSR count). The molecule has 0 N–H and O–H groups in total. The summed E-state index contributed by atoms with van der Waals surface area (Å²) in [5, 5.41) is 13.9. The summed E-state index contributed by atoms with van der Waals surface area (Å²) in [6, 6.07) is 11.2. The minimum Gasteiger partial charge on any atom is -0.493 e. The van der Waals surface area contributed by atoms with Crippen molar-refractivity contribution >= 4 is 55.6 Å². The molecule has 170 valence electrons. The lowest BCUT2D eigenvalue weighted by atomic mass is 9.88. The van der Waals surface area contributed by atoms with Gasteiger partial charge in [0, 0.05) is 10.4 Å². The molecule has 1 aromatic heterocycles. The average molecular weight is 621 g/mol. The predicted octanol–water partition coefficient (Wildman–Crippen LogP) is 5.60. The molecule has 0 unspecified atom stereocenters. The molecular weight excluding hydrogens is 599 g/mol. The topological polar surface area (TPSA) is 89.5 Å². The summed E-state index contributed by atoms with van der Waals surface area (Å²) in [7, 11) is 1.54. The van der Waals surface area contributed by atoms with Gasteiger partial charge in [-0.2, -0.15) is 15.0 Å². The number of aromatic nitrogens is 2. The number of hydrogen-bond donors (Lipinski definition) is 0. The predicted molar refractivity (Wildman–Crippen MR) is 139 cm³/mol. The van der Waals surface area contributed by atoms with Crippen LogP contribution in [0.1, 0.15) is 49.4 Å². The molecule has 33 heavy (non-hydrogen) atoms. The van der Waals surface area contributed by atoms with Crippen LogP contribution in [0.15, 0.2) is 44.7 Å². The van der Waals surface area contributed by atoms with E-state index in [1.54, 1.807) is 25.5 Å². The number of nitrogens with zero attached hydrogens (tertiary/aromatic N) is 4. The molecule has 0 spiro atoms. The largest absolute Gasteiger partial charge is 0.493 e. The minimum absolute atomic E-state index is 0.0712. The zero-order chi connectivity index (χ0) is 23.4. The molecule has 0 saturated heterocycles. The van der Waals surface area contributed by atoms with E-state index in [9.17, 15) is 4.79 Å². The maximum atomic E-state index is 13.4. The Kier molecular flexibility index (Phi) is 7.65. The fourth-order valence-corrected chi connectivity index (χ4v) is 5.23. The van der Waals surface area contributed by atoms with Crippen molar-refractivity contribution < 1.29 is 9.47 Å². The third kappa shape index (κ3) is 5.22. The second kappa shape index (κ2) is 10.7. The fourth-order valence-electron chi connectivity index (χ4n) is 4.09. The quantitative estimate of drug-likeness (QED) is 0.264. The third-order valence-electron chi connectivity index (χ3n) is 5.66. The van der Waals surface area contributed by atoms with Gasteiger partial charge >= 0.3 is 0 Å². The number of benzene rings is 2. The standard InChI is InChI=1S/C24H22BrIN4O3/c1-32-21-12-15(11-19(26)22(21)33-10-9-27)14-28-30-23(16-5-3-2-4-6-16)29-20-8-7-17(25)13-18(20)24(30)31/h7-8,11-14,16H,2-6,10H2,1H3. The second-order valence-corrected chi connectivity index (χ2v) is 9.89. The van der Waals surface area contributed by atoms with Crippen molar-refractivity contribution in [2.45, 2.75) is 38.0 Å². The zero-order valence-corrected chi connectivity index (χ0v) is 21.8. The van der Waals surface area contributed by atoms with Crippen molar-refractivity contribution in [2.75, 3.05) is 13.7 Å². The lowest BCUT2D eigenvalue weighted by molar-refractivity contribution is 0.327. The molecule has 1 saturated carbocycles. The molecule has 0 amide bonds. The van der Waals surface area contributed by atoms with Gasteiger partial charge in [-0.3, -0.25) is 4.79 Å². The Bertz CT molecular complexity index is 1310. The molecule has 1 fully saturated rings. The molecule has 9 heteroatoms. The Labute approximate surface area is 213 Å². The van der Waals surface area contributed by atoms with Gasteiger partial charge in [-0.05, 0) is 71.3 Å². The summed E-state index contributed by atoms with van der Waals surface area (Å²) in [6.45, 7) is -0.0712. The van der Waals surface area contributed by atoms with E-state index in [0.717, 1.165) is 39.3 Å². The summed E-state index contributed by atoms with van der Waals surface area (Å²) in [5.41, 5.74) is 1.25. The molecule has 0 bridgehead atoms. The molecule has 2 aromatic carbocycles. The number of rotatable bonds is 6. The van der Waals surface area contributed by atoms with Crippen LogP contribution in [0.4, 0.5) is 0 Å². The lowest BCUT2D eigenvalue weighted by Gasteiger charge is -2.22. The molecule has 1 aliphatic rings. The van der Waals surface area contributed by atoms with Crippen molar-refractivity contribution in [3.05, 3.63) is 60.1 Å². The summed E-state index contributed by atoms with van der Waals surface area (Å²) < 4.78 is 14.0. The third-order valence-corrected chi connectivity index (χ3v) is 6.95. The van der Waals surface area contributed by atoms with Gasteiger partial charge in [0.15, 0.2) is 18.1 Å². The first-order valence-corrected chi connectivity index (χ1v) is 12.5. The van der Waals surface area contributed by atoms with Crippen LogP contribution in [0.2, 0.25) is 0 Å². The van der Waals surface area contributed by atoms with Crippen LogP contribution in [0.5, 0.6) is 11.5 Å². The van der Waals surface area contributed by atoms with Crippen LogP contribution >= 0.6 is 38.5 Å². The summed E-state index contributed by atoms with van der Waals surface area (Å²) in [6.07, 6.45) is 7.10. The number of nitriles is 1. The first-order chi connectivity index (χ1) is 16.0. The molecule has 1 heterocycles. The van der Waals surface area contributed by atoms with E-state index in [2.05, 4.69) is 43.6 Å². The molecule has 0 aliphatic heterocycles. The highest BCUT2D eigenvalue weighted by atomic mass is 127. The van der Waals surface area contributed by atoms with Crippen molar-refractivity contribution in [1.82, 2.24) is 9.66 Å². The smallest absolute Gasteiger partial charge is 0.282 e. The summed E-state index contributed by atoms with van der Waals surface area (Å²) >= 11 is 5.58. The minimum atomic E-state index is -0.186. The van der Waals surface area contributed by atoms with E-state index in [1.807, 2.05) is 24.3 Å². The van der Waals surface area contributed by atoms with Gasteiger partial charge < -0.3 is 9.47 Å². The van der Waals surface area contributed by atoms with Gasteiger partial charge in [-0.15, -0.1) is 0 Å². The molecular formula is C24H22BrIN4O3. The van der Waals surface area contributed by atoms with Gasteiger partial charge in [0.1, 0.15) is 11.9 Å². The highest BCUT2D eigenvalue weighted by molar-refractivity contribution is 14.1. The van der Waals surface area contributed by atoms with Crippen molar-refractivity contribution in [3.8, 4) is 17.6 Å². The molecule has 7 nitrogen and oxygen atoms in total. The second-order valence-electron chi connectivity index (χ2n) is 7.81. The van der Waals surface area contributed by atoms with Gasteiger partial charge in [-0.1, -0.05) is 35.2 Å². The molecule has 0 radical (unpaired) electrons. The van der Waals surface area contributed by atoms with Gasteiger partial charge in [0.2, 0.25) is 0 Å². The van der Waals surface area contributed by atoms with E-state index in [1.165, 1.54) is 11.1 Å². The fraction of sp³-hybridized carbons (Fsp3) is 0.333. The van der Waals surface area contributed by atoms with Crippen molar-refractivity contribution in [3.63, 3.8) is 0 Å². The normalized spacial score (nSPS) is 14.5. The number of hydrogen-bond acceptors (Lipinski definition) is 6. The summed E-state index contributed by atoms with van der Waals surface area (Å²) in [4.78, 5) is 18.3. The van der Waals surface area contributed by atoms with Gasteiger partial charge in [-0.25, -0.2) is 4.98 Å². The zero-order valence-electron chi connectivity index (χ0n) is 18.1. The van der Waals surface area contributed by atoms with Gasteiger partial charge in [0.25, 0.3) is 5.56 Å². The Morgan fingerprint density at radius 1 is 1.30 bits per heavy atom. The van der Waals surface area contributed by atoms with Gasteiger partial charge in [0.05, 0.1) is 27.8 Å². The van der Waals surface area contributed by atoms with Crippen LogP contribution in [0.25, 0.3) is 10.9 Å². The number of halogens is 2. The van der Waals surface area contributed by atoms with E-state index in [-0.39, 0.29) is 18.1 Å². The Hall–Kier alpha value is -2.45. The van der Waals surface area contributed by atoms with Crippen LogP contribution in [-0.2, 0) is 0 Å². The first-order valence-electron chi connectivity index (χ1n) is 10.7. The molecule has 0 atom stereocenters. The number of ether oxygens (including phenoxy) is 2. The first kappa shape index (κ1) is 23.7. The Morgan fingerprint density at radius 3 is 2.82 bits per heavy atom. The average Bonchev–Trinajstić information content (AvgIpc) is 2.83. The van der Waals surface area contributed by atoms with E-state index in [4.69, 9.17) is 19.7 Å². The van der Waals surface area contributed by atoms with Crippen LogP contribution in [0, 0.1) is 14.9 Å². The Morgan fingerprint density at radius 2 is 2.09 bits per heavy atom. The maximum absolute atomic E-state index is 13.4. The van der Waals surface area contributed by atoms with Crippen molar-refractivity contribution in [2.24, 2.45) is 5.10 Å². The number of fused-ring (bicyclic) bond motifs is 1. The SMILES string of the molecule is COc1cc(C=Nn2c(C3CCCCC3)nc3ccc(Br)cc3c2=O)cc(I)c1OCC#N. The molecule has 1 aliphatic carbocycles. The van der Waals surface area contributed by atoms with E-state index in [0.29, 0.717) is 28.2 Å². The summed E-state index contributed by atoms with van der Waals surface area (Å²) in [5.74, 6) is 1.92. The van der Waals surface area contributed by atoms with E-state index >= 15 is 0 Å². The highest BCUT2D eigenvalue weighted by Gasteiger charge is 2.22. The Balaban J connectivity index is 1.80. The van der Waals surface area contributed by atoms with Crippen molar-refractivity contribution in [1.29, 1.82) is 5.26 Å². The number of methoxy groups -OCH3 is 1.